The number of aromatic amines is 1. The van der Waals surface area contributed by atoms with Gasteiger partial charge in [0, 0.05) is 30.8 Å². The highest BCUT2D eigenvalue weighted by Crippen LogP contribution is 2.37. The first kappa shape index (κ1) is 25.7. The Morgan fingerprint density at radius 1 is 1.14 bits per heavy atom. The van der Waals surface area contributed by atoms with Gasteiger partial charge in [-0.15, -0.1) is 0 Å². The monoisotopic (exact) mass is 494 g/mol. The van der Waals surface area contributed by atoms with Gasteiger partial charge in [-0.2, -0.15) is 8.78 Å². The van der Waals surface area contributed by atoms with E-state index >= 15 is 0 Å². The first-order chi connectivity index (χ1) is 17.1. The lowest BCUT2D eigenvalue weighted by Gasteiger charge is -2.28. The zero-order valence-corrected chi connectivity index (χ0v) is 20.9. The summed E-state index contributed by atoms with van der Waals surface area (Å²) in [6.07, 6.45) is 6.67. The van der Waals surface area contributed by atoms with Crippen molar-refractivity contribution >= 4 is 28.4 Å². The first-order valence-electron chi connectivity index (χ1n) is 12.4. The van der Waals surface area contributed by atoms with Crippen molar-refractivity contribution in [2.45, 2.75) is 71.1 Å². The van der Waals surface area contributed by atoms with E-state index in [-0.39, 0.29) is 17.8 Å². The molecule has 1 aliphatic rings. The van der Waals surface area contributed by atoms with Crippen molar-refractivity contribution in [1.29, 1.82) is 0 Å². The van der Waals surface area contributed by atoms with Crippen molar-refractivity contribution in [3.05, 3.63) is 65.2 Å². The lowest BCUT2D eigenvalue weighted by molar-refractivity contribution is -0.138. The van der Waals surface area contributed by atoms with Crippen LogP contribution in [0.15, 0.2) is 47.6 Å². The average molecular weight is 495 g/mol. The van der Waals surface area contributed by atoms with Crippen LogP contribution in [0.3, 0.4) is 0 Å². The third-order valence-electron chi connectivity index (χ3n) is 7.00. The van der Waals surface area contributed by atoms with Crippen LogP contribution in [-0.4, -0.2) is 31.7 Å². The number of hydrogen-bond acceptors (Lipinski definition) is 4. The number of nitrogens with one attached hydrogen (secondary N) is 1. The van der Waals surface area contributed by atoms with Crippen LogP contribution in [0.5, 0.6) is 0 Å². The number of pyridine rings is 1. The van der Waals surface area contributed by atoms with Gasteiger partial charge >= 0.3 is 5.97 Å². The van der Waals surface area contributed by atoms with Crippen LogP contribution >= 0.6 is 0 Å². The summed E-state index contributed by atoms with van der Waals surface area (Å²) in [5, 5.41) is 9.01. The van der Waals surface area contributed by atoms with Crippen molar-refractivity contribution in [2.75, 3.05) is 0 Å². The maximum Gasteiger partial charge on any atom is 0.303 e. The fourth-order valence-electron chi connectivity index (χ4n) is 4.80. The fraction of sp³-hybridized carbons (Fsp3) is 0.429. The molecule has 0 saturated heterocycles. The standard InChI is InChI=1S/C28H32F2N4O2/c1-4-19(26-32-23-13-14-24(28(3,29)30)33-27(23)34-26)16-31-17(2)20-9-11-22(12-10-20)21-7-5-18(6-8-21)15-25(35)36/h9-14,16,18,21H,4-8,15H2,1-3H3,(H,35,36)(H,32,33,34)/b19-16+,31-17?. The molecule has 0 unspecified atom stereocenters. The van der Waals surface area contributed by atoms with E-state index in [0.29, 0.717) is 29.6 Å². The largest absolute Gasteiger partial charge is 0.481 e. The molecule has 8 heteroatoms. The number of aliphatic carboxylic acids is 1. The molecule has 6 nitrogen and oxygen atoms in total. The minimum atomic E-state index is -3.02. The molecule has 0 radical (unpaired) electrons. The molecule has 1 saturated carbocycles. The minimum Gasteiger partial charge on any atom is -0.481 e. The normalized spacial score (nSPS) is 19.6. The molecule has 0 bridgehead atoms. The SMILES string of the molecule is CC/C(=C\N=C(C)c1ccc(C2CCC(CC(=O)O)CC2)cc1)c1nc2nc(C(C)(F)F)ccc2[nH]1. The van der Waals surface area contributed by atoms with E-state index in [9.17, 15) is 13.6 Å². The van der Waals surface area contributed by atoms with E-state index in [1.165, 1.54) is 11.6 Å². The number of alkyl halides is 2. The number of benzene rings is 1. The number of fused-ring (bicyclic) bond motifs is 1. The highest BCUT2D eigenvalue weighted by molar-refractivity contribution is 5.99. The lowest BCUT2D eigenvalue weighted by atomic mass is 9.77. The van der Waals surface area contributed by atoms with Crippen molar-refractivity contribution < 1.29 is 18.7 Å². The molecule has 2 heterocycles. The topological polar surface area (TPSA) is 91.2 Å². The maximum atomic E-state index is 13.6. The van der Waals surface area contributed by atoms with E-state index in [4.69, 9.17) is 5.11 Å². The Morgan fingerprint density at radius 2 is 1.83 bits per heavy atom. The van der Waals surface area contributed by atoms with Gasteiger partial charge in [0.2, 0.25) is 0 Å². The molecule has 0 amide bonds. The Bertz CT molecular complexity index is 1280. The number of rotatable bonds is 8. The Morgan fingerprint density at radius 3 is 2.44 bits per heavy atom. The summed E-state index contributed by atoms with van der Waals surface area (Å²) in [5.74, 6) is -2.38. The van der Waals surface area contributed by atoms with Gasteiger partial charge in [0.15, 0.2) is 5.65 Å². The third kappa shape index (κ3) is 6.04. The number of carboxylic acid groups (broad SMARTS) is 1. The van der Waals surface area contributed by atoms with Gasteiger partial charge in [0.1, 0.15) is 11.5 Å². The molecule has 2 N–H and O–H groups in total. The van der Waals surface area contributed by atoms with Gasteiger partial charge in [-0.05, 0) is 74.1 Å². The Hall–Kier alpha value is -3.42. The summed E-state index contributed by atoms with van der Waals surface area (Å²) >= 11 is 0. The predicted octanol–water partition coefficient (Wildman–Crippen LogP) is 7.08. The number of halogens is 2. The molecule has 0 aliphatic heterocycles. The van der Waals surface area contributed by atoms with Crippen LogP contribution in [0.2, 0.25) is 0 Å². The molecule has 190 valence electrons. The highest BCUT2D eigenvalue weighted by atomic mass is 19.3. The minimum absolute atomic E-state index is 0.261. The van der Waals surface area contributed by atoms with Crippen LogP contribution in [0.25, 0.3) is 16.7 Å². The number of imidazole rings is 1. The van der Waals surface area contributed by atoms with E-state index in [1.807, 2.05) is 13.8 Å². The molecule has 3 aromatic rings. The number of aromatic nitrogens is 3. The molecule has 36 heavy (non-hydrogen) atoms. The summed E-state index contributed by atoms with van der Waals surface area (Å²) in [7, 11) is 0. The van der Waals surface area contributed by atoms with Crippen LogP contribution in [0, 0.1) is 5.92 Å². The van der Waals surface area contributed by atoms with Crippen LogP contribution in [0.1, 0.15) is 87.9 Å². The molecule has 0 spiro atoms. The van der Waals surface area contributed by atoms with Crippen molar-refractivity contribution in [3.8, 4) is 0 Å². The van der Waals surface area contributed by atoms with Crippen LogP contribution < -0.4 is 0 Å². The molecule has 4 rings (SSSR count). The lowest BCUT2D eigenvalue weighted by Crippen LogP contribution is -2.16. The summed E-state index contributed by atoms with van der Waals surface area (Å²) in [5.41, 5.74) is 4.58. The van der Waals surface area contributed by atoms with Gasteiger partial charge in [-0.25, -0.2) is 9.97 Å². The Balaban J connectivity index is 1.46. The predicted molar refractivity (Wildman–Crippen MR) is 137 cm³/mol. The first-order valence-corrected chi connectivity index (χ1v) is 12.4. The number of hydrogen-bond donors (Lipinski definition) is 2. The van der Waals surface area contributed by atoms with Crippen LogP contribution in [-0.2, 0) is 10.7 Å². The second kappa shape index (κ2) is 10.7. The van der Waals surface area contributed by atoms with Gasteiger partial charge in [-0.1, -0.05) is 31.2 Å². The van der Waals surface area contributed by atoms with Gasteiger partial charge in [0.25, 0.3) is 5.92 Å². The second-order valence-corrected chi connectivity index (χ2v) is 9.70. The number of nitrogens with zero attached hydrogens (tertiary/aromatic N) is 3. The number of aliphatic imine (C=N–C) groups is 1. The molecule has 1 aromatic carbocycles. The van der Waals surface area contributed by atoms with Crippen LogP contribution in [0.4, 0.5) is 8.78 Å². The zero-order chi connectivity index (χ0) is 25.9. The average Bonchev–Trinajstić information content (AvgIpc) is 3.27. The van der Waals surface area contributed by atoms with E-state index < -0.39 is 11.9 Å². The molecule has 2 aromatic heterocycles. The second-order valence-electron chi connectivity index (χ2n) is 9.70. The van der Waals surface area contributed by atoms with Crippen molar-refractivity contribution in [1.82, 2.24) is 15.0 Å². The molecule has 1 aliphatic carbocycles. The van der Waals surface area contributed by atoms with E-state index in [2.05, 4.69) is 44.2 Å². The molecule has 1 fully saturated rings. The van der Waals surface area contributed by atoms with E-state index in [1.54, 1.807) is 12.3 Å². The number of carboxylic acids is 1. The maximum absolute atomic E-state index is 13.6. The smallest absolute Gasteiger partial charge is 0.303 e. The zero-order valence-electron chi connectivity index (χ0n) is 20.9. The molecular weight excluding hydrogens is 462 g/mol. The Labute approximate surface area is 209 Å². The summed E-state index contributed by atoms with van der Waals surface area (Å²) in [4.78, 5) is 27.2. The number of allylic oxidation sites excluding steroid dienone is 1. The summed E-state index contributed by atoms with van der Waals surface area (Å²) in [6.45, 7) is 4.76. The number of carbonyl (C=O) groups is 1. The summed E-state index contributed by atoms with van der Waals surface area (Å²) < 4.78 is 27.2. The quantitative estimate of drug-likeness (QED) is 0.327. The third-order valence-corrected chi connectivity index (χ3v) is 7.00. The summed E-state index contributed by atoms with van der Waals surface area (Å²) in [6, 6.07) is 11.3. The van der Waals surface area contributed by atoms with E-state index in [0.717, 1.165) is 49.5 Å². The fourth-order valence-corrected chi connectivity index (χ4v) is 4.80. The highest BCUT2D eigenvalue weighted by Gasteiger charge is 2.27. The van der Waals surface area contributed by atoms with Crippen molar-refractivity contribution in [3.63, 3.8) is 0 Å². The van der Waals surface area contributed by atoms with Gasteiger partial charge < -0.3 is 10.1 Å². The Kier molecular flexibility index (Phi) is 7.62. The van der Waals surface area contributed by atoms with Gasteiger partial charge in [0.05, 0.1) is 5.52 Å². The van der Waals surface area contributed by atoms with Crippen molar-refractivity contribution in [2.24, 2.45) is 10.9 Å². The van der Waals surface area contributed by atoms with Gasteiger partial charge in [-0.3, -0.25) is 9.79 Å². The molecular formula is C28H32F2N4O2. The molecule has 0 atom stereocenters. The number of H-pyrrole nitrogens is 1.